The first-order valence-corrected chi connectivity index (χ1v) is 8.73. The van der Waals surface area contributed by atoms with Crippen LogP contribution in [0.5, 0.6) is 0 Å². The van der Waals surface area contributed by atoms with Gasteiger partial charge in [0.1, 0.15) is 6.04 Å². The Bertz CT molecular complexity index is 417. The van der Waals surface area contributed by atoms with Crippen molar-refractivity contribution < 1.29 is 22.8 Å². The largest absolute Gasteiger partial charge is 0.391 e. The Morgan fingerprint density at radius 2 is 1.67 bits per heavy atom. The van der Waals surface area contributed by atoms with Crippen molar-refractivity contribution in [3.05, 3.63) is 0 Å². The predicted octanol–water partition coefficient (Wildman–Crippen LogP) is 3.41. The summed E-state index contributed by atoms with van der Waals surface area (Å²) in [5.74, 6) is -1.47. The molecule has 0 aliphatic heterocycles. The molecule has 0 aromatic rings. The third-order valence-electron chi connectivity index (χ3n) is 4.82. The molecule has 24 heavy (non-hydrogen) atoms. The monoisotopic (exact) mass is 350 g/mol. The number of hydrogen-bond acceptors (Lipinski definition) is 2. The minimum Gasteiger partial charge on any atom is -0.357 e. The number of carbonyl (C=O) groups excluding carboxylic acids is 2. The summed E-state index contributed by atoms with van der Waals surface area (Å²) in [6.45, 7) is 3.52. The molecule has 1 atom stereocenters. The fraction of sp³-hybridized carbons (Fsp3) is 0.882. The molecule has 2 N–H and O–H groups in total. The molecule has 7 heteroatoms. The van der Waals surface area contributed by atoms with E-state index in [1.54, 1.807) is 13.8 Å². The van der Waals surface area contributed by atoms with Gasteiger partial charge in [0, 0.05) is 13.0 Å². The van der Waals surface area contributed by atoms with E-state index in [1.807, 2.05) is 0 Å². The molecule has 1 aliphatic rings. The van der Waals surface area contributed by atoms with Gasteiger partial charge in [-0.25, -0.2) is 0 Å². The molecule has 1 fully saturated rings. The first kappa shape index (κ1) is 20.8. The maximum absolute atomic E-state index is 12.7. The molecule has 140 valence electrons. The zero-order valence-electron chi connectivity index (χ0n) is 14.7. The van der Waals surface area contributed by atoms with Crippen molar-refractivity contribution >= 4 is 11.8 Å². The van der Waals surface area contributed by atoms with Gasteiger partial charge >= 0.3 is 6.18 Å². The Morgan fingerprint density at radius 1 is 1.08 bits per heavy atom. The van der Waals surface area contributed by atoms with Crippen LogP contribution in [0, 0.1) is 17.8 Å². The zero-order valence-corrected chi connectivity index (χ0v) is 14.7. The molecule has 4 nitrogen and oxygen atoms in total. The first-order chi connectivity index (χ1) is 11.1. The van der Waals surface area contributed by atoms with Crippen molar-refractivity contribution in [1.29, 1.82) is 0 Å². The second kappa shape index (κ2) is 9.28. The minimum absolute atomic E-state index is 0.172. The lowest BCUT2D eigenvalue weighted by atomic mass is 9.79. The van der Waals surface area contributed by atoms with Crippen LogP contribution in [-0.4, -0.2) is 31.1 Å². The highest BCUT2D eigenvalue weighted by Gasteiger charge is 2.41. The van der Waals surface area contributed by atoms with Gasteiger partial charge in [0.2, 0.25) is 11.8 Å². The van der Waals surface area contributed by atoms with Crippen LogP contribution < -0.4 is 10.6 Å². The third-order valence-corrected chi connectivity index (χ3v) is 4.82. The summed E-state index contributed by atoms with van der Waals surface area (Å²) >= 11 is 0. The summed E-state index contributed by atoms with van der Waals surface area (Å²) in [4.78, 5) is 23.6. The van der Waals surface area contributed by atoms with Crippen LogP contribution in [-0.2, 0) is 9.59 Å². The third kappa shape index (κ3) is 6.69. The molecule has 0 saturated heterocycles. The number of amides is 2. The van der Waals surface area contributed by atoms with Gasteiger partial charge in [-0.1, -0.05) is 26.7 Å². The summed E-state index contributed by atoms with van der Waals surface area (Å²) < 4.78 is 38.0. The van der Waals surface area contributed by atoms with Crippen LogP contribution in [0.3, 0.4) is 0 Å². The summed E-state index contributed by atoms with van der Waals surface area (Å²) in [6.07, 6.45) is -0.449. The molecule has 0 aromatic carbocycles. The number of rotatable bonds is 7. The number of alkyl halides is 3. The number of nitrogens with one attached hydrogen (secondary N) is 2. The number of hydrogen-bond donors (Lipinski definition) is 2. The number of halogens is 3. The van der Waals surface area contributed by atoms with E-state index < -0.39 is 18.1 Å². The Labute approximate surface area is 141 Å². The van der Waals surface area contributed by atoms with E-state index in [0.29, 0.717) is 19.3 Å². The molecule has 0 bridgehead atoms. The van der Waals surface area contributed by atoms with Crippen molar-refractivity contribution in [3.8, 4) is 0 Å². The lowest BCUT2D eigenvalue weighted by Crippen LogP contribution is -2.47. The molecule has 2 amide bonds. The zero-order chi connectivity index (χ0) is 18.3. The van der Waals surface area contributed by atoms with Gasteiger partial charge in [-0.2, -0.15) is 13.2 Å². The van der Waals surface area contributed by atoms with Crippen molar-refractivity contribution in [1.82, 2.24) is 10.6 Å². The normalized spacial score (nSPS) is 23.0. The van der Waals surface area contributed by atoms with E-state index >= 15 is 0 Å². The fourth-order valence-electron chi connectivity index (χ4n) is 3.17. The van der Waals surface area contributed by atoms with Crippen LogP contribution in [0.1, 0.15) is 58.8 Å². The van der Waals surface area contributed by atoms with Gasteiger partial charge in [0.15, 0.2) is 0 Å². The van der Waals surface area contributed by atoms with E-state index in [1.165, 1.54) is 7.05 Å². The van der Waals surface area contributed by atoms with Crippen molar-refractivity contribution in [2.24, 2.45) is 17.8 Å². The maximum atomic E-state index is 12.7. The van der Waals surface area contributed by atoms with Crippen LogP contribution >= 0.6 is 0 Å². The highest BCUT2D eigenvalue weighted by atomic mass is 19.4. The second-order valence-electron chi connectivity index (χ2n) is 7.02. The summed E-state index contributed by atoms with van der Waals surface area (Å²) in [5, 5.41) is 5.27. The lowest BCUT2D eigenvalue weighted by Gasteiger charge is -2.30. The quantitative estimate of drug-likeness (QED) is 0.739. The smallest absolute Gasteiger partial charge is 0.357 e. The van der Waals surface area contributed by atoms with E-state index in [2.05, 4.69) is 10.6 Å². The van der Waals surface area contributed by atoms with Gasteiger partial charge in [-0.05, 0) is 38.0 Å². The first-order valence-electron chi connectivity index (χ1n) is 8.73. The standard InChI is InChI=1S/C17H29F3N2O2/c1-11(2)15(23)22-14(16(24)21-3)6-4-5-12-7-9-13(10-8-12)17(18,19)20/h11-14H,4-10H2,1-3H3,(H,21,24)(H,22,23). The maximum Gasteiger partial charge on any atom is 0.391 e. The summed E-state index contributed by atoms with van der Waals surface area (Å²) in [5.41, 5.74) is 0. The van der Waals surface area contributed by atoms with Crippen LogP contribution in [0.4, 0.5) is 13.2 Å². The molecule has 0 aromatic heterocycles. The van der Waals surface area contributed by atoms with E-state index in [9.17, 15) is 22.8 Å². The van der Waals surface area contributed by atoms with E-state index in [-0.39, 0.29) is 36.5 Å². The molecular weight excluding hydrogens is 321 g/mol. The van der Waals surface area contributed by atoms with Gasteiger partial charge in [-0.3, -0.25) is 9.59 Å². The summed E-state index contributed by atoms with van der Waals surface area (Å²) in [7, 11) is 1.52. The average molecular weight is 350 g/mol. The molecule has 0 radical (unpaired) electrons. The lowest BCUT2D eigenvalue weighted by molar-refractivity contribution is -0.184. The van der Waals surface area contributed by atoms with Crippen molar-refractivity contribution in [2.45, 2.75) is 71.0 Å². The number of likely N-dealkylation sites (N-methyl/N-ethyl adjacent to an activating group) is 1. The topological polar surface area (TPSA) is 58.2 Å². The van der Waals surface area contributed by atoms with Crippen LogP contribution in [0.15, 0.2) is 0 Å². The highest BCUT2D eigenvalue weighted by molar-refractivity contribution is 5.88. The van der Waals surface area contributed by atoms with Crippen molar-refractivity contribution in [2.75, 3.05) is 7.05 Å². The van der Waals surface area contributed by atoms with E-state index in [4.69, 9.17) is 0 Å². The Morgan fingerprint density at radius 3 is 2.12 bits per heavy atom. The van der Waals surface area contributed by atoms with Gasteiger partial charge in [0.05, 0.1) is 5.92 Å². The molecule has 1 rings (SSSR count). The van der Waals surface area contributed by atoms with Gasteiger partial charge in [0.25, 0.3) is 0 Å². The van der Waals surface area contributed by atoms with Gasteiger partial charge < -0.3 is 10.6 Å². The van der Waals surface area contributed by atoms with Crippen molar-refractivity contribution in [3.63, 3.8) is 0 Å². The molecule has 0 spiro atoms. The molecule has 1 saturated carbocycles. The van der Waals surface area contributed by atoms with Crippen LogP contribution in [0.25, 0.3) is 0 Å². The SMILES string of the molecule is CNC(=O)C(CCCC1CCC(C(F)(F)F)CC1)NC(=O)C(C)C. The van der Waals surface area contributed by atoms with E-state index in [0.717, 1.165) is 12.8 Å². The molecule has 1 unspecified atom stereocenters. The number of carbonyl (C=O) groups is 2. The molecular formula is C17H29F3N2O2. The average Bonchev–Trinajstić information content (AvgIpc) is 2.52. The Kier molecular flexibility index (Phi) is 8.03. The Hall–Kier alpha value is -1.27. The molecule has 1 aliphatic carbocycles. The Balaban J connectivity index is 2.38. The van der Waals surface area contributed by atoms with Gasteiger partial charge in [-0.15, -0.1) is 0 Å². The molecule has 0 heterocycles. The predicted molar refractivity (Wildman–Crippen MR) is 86.2 cm³/mol. The summed E-state index contributed by atoms with van der Waals surface area (Å²) in [6, 6.07) is -0.573. The van der Waals surface area contributed by atoms with Crippen LogP contribution in [0.2, 0.25) is 0 Å². The highest BCUT2D eigenvalue weighted by Crippen LogP contribution is 2.40. The fourth-order valence-corrected chi connectivity index (χ4v) is 3.17. The minimum atomic E-state index is -4.07. The second-order valence-corrected chi connectivity index (χ2v) is 7.02.